The molecular formula is C17H11FN2O. The second-order valence-corrected chi connectivity index (χ2v) is 4.96. The van der Waals surface area contributed by atoms with Crippen LogP contribution in [0.1, 0.15) is 0 Å². The van der Waals surface area contributed by atoms with Crippen molar-refractivity contribution >= 4 is 21.8 Å². The van der Waals surface area contributed by atoms with Crippen LogP contribution in [0.25, 0.3) is 33.1 Å². The summed E-state index contributed by atoms with van der Waals surface area (Å²) < 4.78 is 14.5. The maximum absolute atomic E-state index is 14.5. The minimum Gasteiger partial charge on any atom is -0.352 e. The van der Waals surface area contributed by atoms with Gasteiger partial charge >= 0.3 is 0 Å². The van der Waals surface area contributed by atoms with Crippen LogP contribution in [-0.4, -0.2) is 9.97 Å². The molecule has 2 N–H and O–H groups in total. The van der Waals surface area contributed by atoms with Crippen molar-refractivity contribution in [3.05, 3.63) is 70.8 Å². The molecule has 0 aliphatic carbocycles. The zero-order chi connectivity index (χ0) is 14.4. The summed E-state index contributed by atoms with van der Waals surface area (Å²) >= 11 is 0. The summed E-state index contributed by atoms with van der Waals surface area (Å²) in [6, 6.07) is 16.2. The Morgan fingerprint density at radius 3 is 2.38 bits per heavy atom. The molecule has 0 atom stereocenters. The number of H-pyrrole nitrogens is 2. The van der Waals surface area contributed by atoms with Crippen LogP contribution in [0.2, 0.25) is 0 Å². The van der Waals surface area contributed by atoms with E-state index in [2.05, 4.69) is 9.97 Å². The Labute approximate surface area is 119 Å². The van der Waals surface area contributed by atoms with Crippen LogP contribution in [-0.2, 0) is 0 Å². The Morgan fingerprint density at radius 2 is 1.57 bits per heavy atom. The molecule has 0 radical (unpaired) electrons. The molecule has 3 nitrogen and oxygen atoms in total. The number of halogens is 1. The molecular weight excluding hydrogens is 267 g/mol. The van der Waals surface area contributed by atoms with Gasteiger partial charge in [-0.3, -0.25) is 4.79 Å². The van der Waals surface area contributed by atoms with E-state index < -0.39 is 5.82 Å². The minimum atomic E-state index is -0.397. The molecule has 4 rings (SSSR count). The number of benzene rings is 2. The predicted octanol–water partition coefficient (Wildman–Crippen LogP) is 3.82. The zero-order valence-electron chi connectivity index (χ0n) is 11.0. The molecule has 0 aliphatic heterocycles. The van der Waals surface area contributed by atoms with Gasteiger partial charge in [0.1, 0.15) is 0 Å². The fourth-order valence-corrected chi connectivity index (χ4v) is 2.63. The van der Waals surface area contributed by atoms with Gasteiger partial charge in [-0.15, -0.1) is 0 Å². The molecule has 0 spiro atoms. The van der Waals surface area contributed by atoms with Crippen LogP contribution < -0.4 is 5.56 Å². The predicted molar refractivity (Wildman–Crippen MR) is 81.8 cm³/mol. The fraction of sp³-hybridized carbons (Fsp3) is 0. The first-order chi connectivity index (χ1) is 10.2. The fourth-order valence-electron chi connectivity index (χ4n) is 2.63. The zero-order valence-corrected chi connectivity index (χ0v) is 11.0. The van der Waals surface area contributed by atoms with E-state index in [0.717, 1.165) is 10.9 Å². The average Bonchev–Trinajstić information content (AvgIpc) is 2.84. The number of nitrogens with one attached hydrogen (secondary N) is 2. The monoisotopic (exact) mass is 278 g/mol. The van der Waals surface area contributed by atoms with E-state index in [1.54, 1.807) is 24.3 Å². The SMILES string of the molecule is O=c1[nH]c2ccccc2cc1-c1[nH]c2ccccc2c1F. The molecule has 0 saturated heterocycles. The molecule has 0 aliphatic rings. The summed E-state index contributed by atoms with van der Waals surface area (Å²) in [6.07, 6.45) is 0. The first-order valence-corrected chi connectivity index (χ1v) is 6.63. The van der Waals surface area contributed by atoms with Crippen molar-refractivity contribution in [2.45, 2.75) is 0 Å². The quantitative estimate of drug-likeness (QED) is 0.546. The molecule has 0 amide bonds. The van der Waals surface area contributed by atoms with Gasteiger partial charge in [-0.25, -0.2) is 4.39 Å². The molecule has 0 fully saturated rings. The number of para-hydroxylation sites is 2. The van der Waals surface area contributed by atoms with Crippen LogP contribution in [0.4, 0.5) is 4.39 Å². The molecule has 102 valence electrons. The number of hydrogen-bond donors (Lipinski definition) is 2. The molecule has 21 heavy (non-hydrogen) atoms. The molecule has 0 bridgehead atoms. The summed E-state index contributed by atoms with van der Waals surface area (Å²) in [5.74, 6) is -0.397. The molecule has 0 unspecified atom stereocenters. The Bertz CT molecular complexity index is 1030. The van der Waals surface area contributed by atoms with Gasteiger partial charge in [0.2, 0.25) is 0 Å². The molecule has 4 heteroatoms. The van der Waals surface area contributed by atoms with Gasteiger partial charge in [-0.1, -0.05) is 30.3 Å². The maximum Gasteiger partial charge on any atom is 0.257 e. The lowest BCUT2D eigenvalue weighted by Crippen LogP contribution is -2.09. The standard InChI is InChI=1S/C17H11FN2O/c18-15-11-6-2-4-8-14(11)19-16(15)12-9-10-5-1-3-7-13(10)20-17(12)21/h1-9,19H,(H,20,21). The second-order valence-electron chi connectivity index (χ2n) is 4.96. The first kappa shape index (κ1) is 11.9. The molecule has 4 aromatic rings. The van der Waals surface area contributed by atoms with E-state index in [9.17, 15) is 9.18 Å². The van der Waals surface area contributed by atoms with Gasteiger partial charge in [-0.05, 0) is 29.7 Å². The third kappa shape index (κ3) is 1.76. The lowest BCUT2D eigenvalue weighted by atomic mass is 10.1. The van der Waals surface area contributed by atoms with Crippen molar-refractivity contribution in [3.63, 3.8) is 0 Å². The number of pyridine rings is 1. The van der Waals surface area contributed by atoms with Crippen molar-refractivity contribution in [1.29, 1.82) is 0 Å². The average molecular weight is 278 g/mol. The van der Waals surface area contributed by atoms with Gasteiger partial charge in [-0.2, -0.15) is 0 Å². The van der Waals surface area contributed by atoms with Crippen molar-refractivity contribution in [1.82, 2.24) is 9.97 Å². The normalized spacial score (nSPS) is 11.3. The third-order valence-corrected chi connectivity index (χ3v) is 3.67. The Balaban J connectivity index is 2.06. The van der Waals surface area contributed by atoms with Crippen LogP contribution in [0.3, 0.4) is 0 Å². The van der Waals surface area contributed by atoms with Crippen LogP contribution in [0.15, 0.2) is 59.4 Å². The van der Waals surface area contributed by atoms with E-state index in [1.807, 2.05) is 30.3 Å². The number of aromatic amines is 2. The van der Waals surface area contributed by atoms with Gasteiger partial charge in [0.15, 0.2) is 5.82 Å². The van der Waals surface area contributed by atoms with Crippen LogP contribution >= 0.6 is 0 Å². The molecule has 2 aromatic heterocycles. The molecule has 2 heterocycles. The third-order valence-electron chi connectivity index (χ3n) is 3.67. The summed E-state index contributed by atoms with van der Waals surface area (Å²) in [4.78, 5) is 18.0. The van der Waals surface area contributed by atoms with Crippen molar-refractivity contribution in [2.24, 2.45) is 0 Å². The van der Waals surface area contributed by atoms with Gasteiger partial charge in [0.25, 0.3) is 5.56 Å². The summed E-state index contributed by atoms with van der Waals surface area (Å²) in [6.45, 7) is 0. The molecule has 2 aromatic carbocycles. The Kier molecular flexibility index (Phi) is 2.44. The topological polar surface area (TPSA) is 48.6 Å². The number of rotatable bonds is 1. The highest BCUT2D eigenvalue weighted by Crippen LogP contribution is 2.27. The van der Waals surface area contributed by atoms with E-state index in [4.69, 9.17) is 0 Å². The lowest BCUT2D eigenvalue weighted by Gasteiger charge is -2.01. The second kappa shape index (κ2) is 4.31. The maximum atomic E-state index is 14.5. The van der Waals surface area contributed by atoms with Crippen LogP contribution in [0, 0.1) is 5.82 Å². The Hall–Kier alpha value is -2.88. The van der Waals surface area contributed by atoms with Crippen LogP contribution in [0.5, 0.6) is 0 Å². The van der Waals surface area contributed by atoms with Crippen molar-refractivity contribution in [2.75, 3.05) is 0 Å². The van der Waals surface area contributed by atoms with E-state index in [1.165, 1.54) is 0 Å². The van der Waals surface area contributed by atoms with E-state index in [0.29, 0.717) is 16.5 Å². The van der Waals surface area contributed by atoms with Gasteiger partial charge < -0.3 is 9.97 Å². The Morgan fingerprint density at radius 1 is 0.857 bits per heavy atom. The number of fused-ring (bicyclic) bond motifs is 2. The highest BCUT2D eigenvalue weighted by Gasteiger charge is 2.15. The largest absolute Gasteiger partial charge is 0.352 e. The summed E-state index contributed by atoms with van der Waals surface area (Å²) in [7, 11) is 0. The summed E-state index contributed by atoms with van der Waals surface area (Å²) in [5.41, 5.74) is 1.64. The highest BCUT2D eigenvalue weighted by atomic mass is 19.1. The van der Waals surface area contributed by atoms with Crippen molar-refractivity contribution < 1.29 is 4.39 Å². The number of hydrogen-bond acceptors (Lipinski definition) is 1. The van der Waals surface area contributed by atoms with Gasteiger partial charge in [0.05, 0.1) is 11.3 Å². The first-order valence-electron chi connectivity index (χ1n) is 6.63. The minimum absolute atomic E-state index is 0.225. The lowest BCUT2D eigenvalue weighted by molar-refractivity contribution is 0.643. The molecule has 0 saturated carbocycles. The highest BCUT2D eigenvalue weighted by molar-refractivity contribution is 5.89. The van der Waals surface area contributed by atoms with E-state index >= 15 is 0 Å². The smallest absolute Gasteiger partial charge is 0.257 e. The summed E-state index contributed by atoms with van der Waals surface area (Å²) in [5, 5.41) is 1.35. The van der Waals surface area contributed by atoms with E-state index in [-0.39, 0.29) is 11.3 Å². The van der Waals surface area contributed by atoms with Gasteiger partial charge in [0, 0.05) is 16.4 Å². The number of aromatic nitrogens is 2. The van der Waals surface area contributed by atoms with Crippen molar-refractivity contribution in [3.8, 4) is 11.3 Å².